The molecule has 2 aliphatic rings. The summed E-state index contributed by atoms with van der Waals surface area (Å²) in [6.45, 7) is 3.08. The van der Waals surface area contributed by atoms with E-state index in [4.69, 9.17) is 4.74 Å². The normalized spacial score (nSPS) is 47.9. The molecule has 0 aromatic heterocycles. The van der Waals surface area contributed by atoms with Gasteiger partial charge in [-0.15, -0.1) is 0 Å². The van der Waals surface area contributed by atoms with Crippen molar-refractivity contribution in [3.05, 3.63) is 0 Å². The topological polar surface area (TPSA) is 53.2 Å². The third-order valence-corrected chi connectivity index (χ3v) is 3.87. The minimum absolute atomic E-state index is 0.341. The van der Waals surface area contributed by atoms with E-state index in [0.717, 1.165) is 19.3 Å². The Morgan fingerprint density at radius 2 is 2.29 bits per heavy atom. The van der Waals surface area contributed by atoms with Gasteiger partial charge in [-0.1, -0.05) is 6.92 Å². The molecule has 2 fully saturated rings. The highest BCUT2D eigenvalue weighted by Gasteiger charge is 2.55. The molecule has 78 valence electrons. The molecule has 0 aromatic rings. The van der Waals surface area contributed by atoms with E-state index in [-0.39, 0.29) is 0 Å². The van der Waals surface area contributed by atoms with Gasteiger partial charge in [-0.2, -0.15) is 5.26 Å². The maximum Gasteiger partial charge on any atom is 0.109 e. The molecule has 3 unspecified atom stereocenters. The minimum atomic E-state index is -0.882. The van der Waals surface area contributed by atoms with Crippen molar-refractivity contribution in [2.45, 2.75) is 38.2 Å². The van der Waals surface area contributed by atoms with Crippen LogP contribution < -0.4 is 0 Å². The summed E-state index contributed by atoms with van der Waals surface area (Å²) in [6, 6.07) is 2.36. The van der Waals surface area contributed by atoms with Gasteiger partial charge in [-0.25, -0.2) is 0 Å². The van der Waals surface area contributed by atoms with E-state index in [1.807, 2.05) is 0 Å². The second-order valence-corrected chi connectivity index (χ2v) is 4.88. The molecule has 0 spiro atoms. The van der Waals surface area contributed by atoms with E-state index < -0.39 is 11.0 Å². The van der Waals surface area contributed by atoms with Crippen molar-refractivity contribution in [1.29, 1.82) is 5.26 Å². The molecule has 0 aromatic carbocycles. The Morgan fingerprint density at radius 3 is 2.71 bits per heavy atom. The molecule has 3 heteroatoms. The number of aliphatic hydroxyl groups is 1. The summed E-state index contributed by atoms with van der Waals surface area (Å²) < 4.78 is 5.23. The molecule has 0 radical (unpaired) electrons. The highest BCUT2D eigenvalue weighted by atomic mass is 16.5. The summed E-state index contributed by atoms with van der Waals surface area (Å²) >= 11 is 0. The summed E-state index contributed by atoms with van der Waals surface area (Å²) in [5, 5.41) is 19.7. The molecule has 3 nitrogen and oxygen atoms in total. The highest BCUT2D eigenvalue weighted by molar-refractivity contribution is 5.15. The minimum Gasteiger partial charge on any atom is -0.386 e. The van der Waals surface area contributed by atoms with Crippen molar-refractivity contribution in [1.82, 2.24) is 0 Å². The summed E-state index contributed by atoms with van der Waals surface area (Å²) in [7, 11) is 0. The maximum atomic E-state index is 10.4. The van der Waals surface area contributed by atoms with E-state index in [0.29, 0.717) is 25.6 Å². The van der Waals surface area contributed by atoms with Gasteiger partial charge in [-0.05, 0) is 25.2 Å². The summed E-state index contributed by atoms with van der Waals surface area (Å²) in [5.74, 6) is 0.555. The largest absolute Gasteiger partial charge is 0.386 e. The van der Waals surface area contributed by atoms with Crippen molar-refractivity contribution in [2.75, 3.05) is 13.2 Å². The quantitative estimate of drug-likeness (QED) is 0.689. The van der Waals surface area contributed by atoms with Crippen molar-refractivity contribution in [3.63, 3.8) is 0 Å². The smallest absolute Gasteiger partial charge is 0.109 e. The number of hydrogen-bond donors (Lipinski definition) is 1. The van der Waals surface area contributed by atoms with Gasteiger partial charge < -0.3 is 9.84 Å². The molecular weight excluding hydrogens is 178 g/mol. The average Bonchev–Trinajstić information content (AvgIpc) is 2.74. The van der Waals surface area contributed by atoms with Gasteiger partial charge in [0.05, 0.1) is 18.1 Å². The number of rotatable bonds is 1. The van der Waals surface area contributed by atoms with E-state index >= 15 is 0 Å². The standard InChI is InChI=1S/C11H17NO2/c1-9-2-3-10(6-9,7-12)11(13)4-5-14-8-11/h9,13H,2-6,8H2,1H3. The van der Waals surface area contributed by atoms with Crippen LogP contribution in [0.5, 0.6) is 0 Å². The first-order chi connectivity index (χ1) is 6.62. The van der Waals surface area contributed by atoms with Crippen LogP contribution in [0.15, 0.2) is 0 Å². The van der Waals surface area contributed by atoms with Gasteiger partial charge in [0.15, 0.2) is 0 Å². The lowest BCUT2D eigenvalue weighted by Gasteiger charge is -2.36. The predicted octanol–water partition coefficient (Wildman–Crippen LogP) is 1.47. The molecule has 14 heavy (non-hydrogen) atoms. The van der Waals surface area contributed by atoms with Crippen LogP contribution in [0.3, 0.4) is 0 Å². The van der Waals surface area contributed by atoms with Crippen LogP contribution >= 0.6 is 0 Å². The van der Waals surface area contributed by atoms with Crippen molar-refractivity contribution in [2.24, 2.45) is 11.3 Å². The molecule has 1 saturated carbocycles. The Bertz CT molecular complexity index is 265. The van der Waals surface area contributed by atoms with E-state index in [9.17, 15) is 10.4 Å². The third kappa shape index (κ3) is 1.25. The van der Waals surface area contributed by atoms with E-state index in [1.165, 1.54) is 0 Å². The van der Waals surface area contributed by atoms with Crippen LogP contribution in [0.1, 0.15) is 32.6 Å². The van der Waals surface area contributed by atoms with Gasteiger partial charge in [0.25, 0.3) is 0 Å². The number of ether oxygens (including phenoxy) is 1. The monoisotopic (exact) mass is 195 g/mol. The van der Waals surface area contributed by atoms with Gasteiger partial charge in [-0.3, -0.25) is 0 Å². The summed E-state index contributed by atoms with van der Waals surface area (Å²) in [4.78, 5) is 0. The SMILES string of the molecule is CC1CCC(C#N)(C2(O)CCOC2)C1. The fraction of sp³-hybridized carbons (Fsp3) is 0.909. The molecule has 0 bridgehead atoms. The molecule has 1 aliphatic heterocycles. The second kappa shape index (κ2) is 3.22. The first kappa shape index (κ1) is 9.95. The van der Waals surface area contributed by atoms with Crippen molar-refractivity contribution in [3.8, 4) is 6.07 Å². The van der Waals surface area contributed by atoms with Crippen LogP contribution in [-0.2, 0) is 4.74 Å². The number of nitriles is 1. The molecule has 2 rings (SSSR count). The average molecular weight is 195 g/mol. The first-order valence-corrected chi connectivity index (χ1v) is 5.33. The molecule has 3 atom stereocenters. The third-order valence-electron chi connectivity index (χ3n) is 3.87. The van der Waals surface area contributed by atoms with Gasteiger partial charge >= 0.3 is 0 Å². The Hall–Kier alpha value is -0.590. The van der Waals surface area contributed by atoms with Crippen LogP contribution in [-0.4, -0.2) is 23.9 Å². The highest BCUT2D eigenvalue weighted by Crippen LogP contribution is 2.51. The molecule has 0 amide bonds. The van der Waals surface area contributed by atoms with Gasteiger partial charge in [0, 0.05) is 13.0 Å². The lowest BCUT2D eigenvalue weighted by Crippen LogP contribution is -2.46. The molecule has 1 heterocycles. The van der Waals surface area contributed by atoms with Crippen LogP contribution in [0.2, 0.25) is 0 Å². The molecule has 1 N–H and O–H groups in total. The molecule has 1 saturated heterocycles. The fourth-order valence-corrected chi connectivity index (χ4v) is 2.85. The first-order valence-electron chi connectivity index (χ1n) is 5.33. The zero-order valence-corrected chi connectivity index (χ0v) is 8.62. The predicted molar refractivity (Wildman–Crippen MR) is 51.4 cm³/mol. The van der Waals surface area contributed by atoms with Crippen molar-refractivity contribution >= 4 is 0 Å². The Balaban J connectivity index is 2.25. The van der Waals surface area contributed by atoms with Crippen molar-refractivity contribution < 1.29 is 9.84 Å². The van der Waals surface area contributed by atoms with Crippen LogP contribution in [0, 0.1) is 22.7 Å². The summed E-state index contributed by atoms with van der Waals surface area (Å²) in [5.41, 5.74) is -1.42. The Kier molecular flexibility index (Phi) is 2.29. The van der Waals surface area contributed by atoms with Crippen LogP contribution in [0.25, 0.3) is 0 Å². The number of nitrogens with zero attached hydrogens (tertiary/aromatic N) is 1. The summed E-state index contributed by atoms with van der Waals surface area (Å²) in [6.07, 6.45) is 3.32. The lowest BCUT2D eigenvalue weighted by atomic mass is 9.70. The molecular formula is C11H17NO2. The second-order valence-electron chi connectivity index (χ2n) is 4.88. The maximum absolute atomic E-state index is 10.4. The Labute approximate surface area is 84.7 Å². The van der Waals surface area contributed by atoms with E-state index in [2.05, 4.69) is 13.0 Å². The lowest BCUT2D eigenvalue weighted by molar-refractivity contribution is -0.0576. The zero-order valence-electron chi connectivity index (χ0n) is 8.62. The zero-order chi connectivity index (χ0) is 10.2. The Morgan fingerprint density at radius 1 is 1.50 bits per heavy atom. The van der Waals surface area contributed by atoms with Gasteiger partial charge in [0.2, 0.25) is 0 Å². The van der Waals surface area contributed by atoms with Crippen LogP contribution in [0.4, 0.5) is 0 Å². The van der Waals surface area contributed by atoms with Gasteiger partial charge in [0.1, 0.15) is 5.60 Å². The number of hydrogen-bond acceptors (Lipinski definition) is 3. The molecule has 1 aliphatic carbocycles. The van der Waals surface area contributed by atoms with E-state index in [1.54, 1.807) is 0 Å². The fourth-order valence-electron chi connectivity index (χ4n) is 2.85.